The van der Waals surface area contributed by atoms with Gasteiger partial charge < -0.3 is 14.9 Å². The molecule has 9 heavy (non-hydrogen) atoms. The number of aliphatic hydroxyl groups excluding tert-OH is 2. The zero-order valence-electron chi connectivity index (χ0n) is 4.90. The Kier molecular flexibility index (Phi) is 2.35. The van der Waals surface area contributed by atoms with Gasteiger partial charge in [-0.1, -0.05) is 0 Å². The van der Waals surface area contributed by atoms with Crippen molar-refractivity contribution in [2.75, 3.05) is 6.61 Å². The molecular weight excluding hydrogens is 140 g/mol. The summed E-state index contributed by atoms with van der Waals surface area (Å²) < 4.78 is 4.99. The fraction of sp³-hybridized carbons (Fsp3) is 1.00. The SMILES string of the molecule is OC[C@H]1OC(S)C[C@@H]1O. The van der Waals surface area contributed by atoms with E-state index in [1.54, 1.807) is 0 Å². The number of thiol groups is 1. The van der Waals surface area contributed by atoms with Crippen LogP contribution in [0.2, 0.25) is 0 Å². The summed E-state index contributed by atoms with van der Waals surface area (Å²) in [6.07, 6.45) is -0.459. The summed E-state index contributed by atoms with van der Waals surface area (Å²) in [6, 6.07) is 0. The number of ether oxygens (including phenoxy) is 1. The van der Waals surface area contributed by atoms with E-state index in [2.05, 4.69) is 12.6 Å². The molecule has 4 heteroatoms. The minimum Gasteiger partial charge on any atom is -0.394 e. The largest absolute Gasteiger partial charge is 0.394 e. The topological polar surface area (TPSA) is 49.7 Å². The number of hydrogen-bond donors (Lipinski definition) is 3. The van der Waals surface area contributed by atoms with Crippen molar-refractivity contribution in [2.24, 2.45) is 0 Å². The molecule has 0 bridgehead atoms. The average molecular weight is 150 g/mol. The van der Waals surface area contributed by atoms with E-state index in [0.717, 1.165) is 0 Å². The summed E-state index contributed by atoms with van der Waals surface area (Å²) in [5, 5.41) is 17.6. The molecule has 0 aliphatic carbocycles. The molecule has 1 aliphatic rings. The molecule has 1 rings (SSSR count). The van der Waals surface area contributed by atoms with Gasteiger partial charge in [0.15, 0.2) is 0 Å². The van der Waals surface area contributed by atoms with Crippen LogP contribution in [-0.2, 0) is 4.74 Å². The fourth-order valence-electron chi connectivity index (χ4n) is 0.871. The Labute approximate surface area is 59.1 Å². The van der Waals surface area contributed by atoms with Crippen LogP contribution in [0.3, 0.4) is 0 Å². The quantitative estimate of drug-likeness (QED) is 0.437. The van der Waals surface area contributed by atoms with Gasteiger partial charge in [0.1, 0.15) is 11.5 Å². The maximum atomic E-state index is 9.03. The molecule has 0 amide bonds. The third-order valence-corrected chi connectivity index (χ3v) is 1.72. The molecule has 0 saturated carbocycles. The van der Waals surface area contributed by atoms with E-state index in [4.69, 9.17) is 14.9 Å². The summed E-state index contributed by atoms with van der Waals surface area (Å²) in [4.78, 5) is 0. The van der Waals surface area contributed by atoms with Crippen LogP contribution < -0.4 is 0 Å². The Balaban J connectivity index is 2.38. The van der Waals surface area contributed by atoms with Crippen LogP contribution in [0.1, 0.15) is 6.42 Å². The predicted octanol–water partition coefficient (Wildman–Crippen LogP) is -0.616. The van der Waals surface area contributed by atoms with Gasteiger partial charge in [0.05, 0.1) is 12.7 Å². The highest BCUT2D eigenvalue weighted by Crippen LogP contribution is 2.21. The minimum absolute atomic E-state index is 0.127. The first-order valence-electron chi connectivity index (χ1n) is 2.86. The molecule has 0 radical (unpaired) electrons. The van der Waals surface area contributed by atoms with E-state index in [1.807, 2.05) is 0 Å². The highest BCUT2D eigenvalue weighted by Gasteiger charge is 2.30. The second-order valence-corrected chi connectivity index (χ2v) is 2.69. The normalized spacial score (nSPS) is 43.7. The molecule has 3 nitrogen and oxygen atoms in total. The van der Waals surface area contributed by atoms with Crippen molar-refractivity contribution in [3.63, 3.8) is 0 Å². The molecule has 1 heterocycles. The van der Waals surface area contributed by atoms with Crippen LogP contribution in [0.5, 0.6) is 0 Å². The third kappa shape index (κ3) is 1.58. The molecule has 1 aliphatic heterocycles. The minimum atomic E-state index is -0.544. The zero-order chi connectivity index (χ0) is 6.85. The van der Waals surface area contributed by atoms with Crippen LogP contribution in [-0.4, -0.2) is 34.5 Å². The lowest BCUT2D eigenvalue weighted by Gasteiger charge is -2.08. The first kappa shape index (κ1) is 7.34. The van der Waals surface area contributed by atoms with Crippen molar-refractivity contribution in [3.05, 3.63) is 0 Å². The van der Waals surface area contributed by atoms with Gasteiger partial charge in [0.25, 0.3) is 0 Å². The highest BCUT2D eigenvalue weighted by molar-refractivity contribution is 7.80. The van der Waals surface area contributed by atoms with E-state index in [9.17, 15) is 0 Å². The maximum absolute atomic E-state index is 9.03. The van der Waals surface area contributed by atoms with Crippen molar-refractivity contribution >= 4 is 12.6 Å². The first-order chi connectivity index (χ1) is 4.24. The molecule has 3 atom stereocenters. The lowest BCUT2D eigenvalue weighted by atomic mass is 10.2. The summed E-state index contributed by atoms with van der Waals surface area (Å²) in [6.45, 7) is -0.127. The van der Waals surface area contributed by atoms with E-state index >= 15 is 0 Å². The number of hydrogen-bond acceptors (Lipinski definition) is 4. The third-order valence-electron chi connectivity index (χ3n) is 1.38. The predicted molar refractivity (Wildman–Crippen MR) is 35.4 cm³/mol. The van der Waals surface area contributed by atoms with E-state index in [1.165, 1.54) is 0 Å². The van der Waals surface area contributed by atoms with Crippen molar-refractivity contribution < 1.29 is 14.9 Å². The molecule has 1 unspecified atom stereocenters. The Hall–Kier alpha value is 0.230. The summed E-state index contributed by atoms with van der Waals surface area (Å²) in [7, 11) is 0. The highest BCUT2D eigenvalue weighted by atomic mass is 32.1. The Morgan fingerprint density at radius 1 is 1.67 bits per heavy atom. The van der Waals surface area contributed by atoms with Crippen LogP contribution >= 0.6 is 12.6 Å². The summed E-state index contributed by atoms with van der Waals surface area (Å²) >= 11 is 3.97. The molecule has 1 fully saturated rings. The molecule has 0 aromatic heterocycles. The first-order valence-corrected chi connectivity index (χ1v) is 3.38. The van der Waals surface area contributed by atoms with Crippen LogP contribution in [0, 0.1) is 0 Å². The fourth-order valence-corrected chi connectivity index (χ4v) is 1.24. The van der Waals surface area contributed by atoms with Gasteiger partial charge in [-0.3, -0.25) is 0 Å². The Bertz CT molecular complexity index is 98.2. The molecule has 0 aromatic carbocycles. The van der Waals surface area contributed by atoms with Gasteiger partial charge in [0.2, 0.25) is 0 Å². The summed E-state index contributed by atoms with van der Waals surface area (Å²) in [5.74, 6) is 0. The van der Waals surface area contributed by atoms with Gasteiger partial charge in [-0.05, 0) is 0 Å². The Morgan fingerprint density at radius 3 is 2.56 bits per heavy atom. The molecule has 0 aromatic rings. The van der Waals surface area contributed by atoms with Crippen LogP contribution in [0.4, 0.5) is 0 Å². The smallest absolute Gasteiger partial charge is 0.108 e. The van der Waals surface area contributed by atoms with Crippen LogP contribution in [0.25, 0.3) is 0 Å². The summed E-state index contributed by atoms with van der Waals surface area (Å²) in [5.41, 5.74) is -0.211. The lowest BCUT2D eigenvalue weighted by Crippen LogP contribution is -2.24. The van der Waals surface area contributed by atoms with Gasteiger partial charge in [0, 0.05) is 6.42 Å². The molecule has 54 valence electrons. The van der Waals surface area contributed by atoms with Crippen molar-refractivity contribution in [1.29, 1.82) is 0 Å². The van der Waals surface area contributed by atoms with Crippen molar-refractivity contribution in [2.45, 2.75) is 24.1 Å². The van der Waals surface area contributed by atoms with Gasteiger partial charge in [-0.2, -0.15) is 0 Å². The monoisotopic (exact) mass is 150 g/mol. The molecular formula is C5H10O3S. The lowest BCUT2D eigenvalue weighted by molar-refractivity contribution is -0.00213. The van der Waals surface area contributed by atoms with Crippen molar-refractivity contribution in [3.8, 4) is 0 Å². The van der Waals surface area contributed by atoms with Gasteiger partial charge in [-0.15, -0.1) is 12.6 Å². The average Bonchev–Trinajstić information content (AvgIpc) is 2.10. The second-order valence-electron chi connectivity index (χ2n) is 2.11. The van der Waals surface area contributed by atoms with E-state index in [0.29, 0.717) is 6.42 Å². The van der Waals surface area contributed by atoms with E-state index < -0.39 is 12.2 Å². The second kappa shape index (κ2) is 2.88. The van der Waals surface area contributed by atoms with Gasteiger partial charge in [-0.25, -0.2) is 0 Å². The zero-order valence-corrected chi connectivity index (χ0v) is 5.79. The van der Waals surface area contributed by atoms with Gasteiger partial charge >= 0.3 is 0 Å². The maximum Gasteiger partial charge on any atom is 0.108 e. The van der Waals surface area contributed by atoms with E-state index in [-0.39, 0.29) is 12.0 Å². The van der Waals surface area contributed by atoms with Crippen molar-refractivity contribution in [1.82, 2.24) is 0 Å². The molecule has 1 saturated heterocycles. The number of aliphatic hydroxyl groups is 2. The standard InChI is InChI=1S/C5H10O3S/c6-2-4-3(7)1-5(9)8-4/h3-7,9H,1-2H2/t3-,4+,5?/m0/s1. The van der Waals surface area contributed by atoms with Crippen LogP contribution in [0.15, 0.2) is 0 Å². The Morgan fingerprint density at radius 2 is 2.33 bits per heavy atom. The molecule has 2 N–H and O–H groups in total. The molecule has 0 spiro atoms. The number of rotatable bonds is 1.